The van der Waals surface area contributed by atoms with E-state index in [1.165, 1.54) is 18.4 Å². The SMILES string of the molecule is CCCC1OC2=C(CCC(C3=NC(C4CCCN4C(=O)C(N)C(C)C)N=C3)C2)c2cc3cc(-c4cnc(C5CCCN5C(=O)C(NC(=O)OC)C(C)C)[nH]4)ccc3n21. The summed E-state index contributed by atoms with van der Waals surface area (Å²) in [7, 11) is 1.30. The van der Waals surface area contributed by atoms with Crippen LogP contribution in [0.1, 0.15) is 116 Å². The largest absolute Gasteiger partial charge is 0.474 e. The summed E-state index contributed by atoms with van der Waals surface area (Å²) in [6.45, 7) is 11.3. The van der Waals surface area contributed by atoms with Crippen LogP contribution >= 0.6 is 0 Å². The number of hydrogen-bond donors (Lipinski definition) is 3. The van der Waals surface area contributed by atoms with E-state index in [9.17, 15) is 14.4 Å². The Kier molecular flexibility index (Phi) is 11.2. The number of benzene rings is 1. The van der Waals surface area contributed by atoms with Gasteiger partial charge in [0.25, 0.3) is 0 Å². The number of aliphatic imine (C=N–C) groups is 2. The maximum atomic E-state index is 13.7. The zero-order valence-corrected chi connectivity index (χ0v) is 34.7. The number of carbonyl (C=O) groups excluding carboxylic acids is 3. The van der Waals surface area contributed by atoms with Crippen LogP contribution < -0.4 is 11.1 Å². The van der Waals surface area contributed by atoms with Gasteiger partial charge in [-0.3, -0.25) is 19.6 Å². The summed E-state index contributed by atoms with van der Waals surface area (Å²) in [6, 6.07) is 7.41. The summed E-state index contributed by atoms with van der Waals surface area (Å²) >= 11 is 0. The standard InChI is InChI=1S/C44H59N9O5/c1-7-10-37-53-32-16-14-26(30-22-46-41(48-30)34-12-9-18-52(34)43(55)39(25(4)5)50-44(56)57-6)19-28(32)20-35(53)29-15-13-27(21-36(29)58-37)31-23-47-40(49-31)33-11-8-17-51(33)42(54)38(45)24(2)3/h14,16,19-20,22-25,27,33-34,37-40H,7-13,15,17-18,21,45H2,1-6H3,(H,46,48)(H,50,56). The Morgan fingerprint density at radius 3 is 2.59 bits per heavy atom. The van der Waals surface area contributed by atoms with Gasteiger partial charge in [-0.05, 0) is 68.6 Å². The number of amides is 3. The number of methoxy groups -OCH3 is 1. The number of H-pyrrole nitrogens is 1. The van der Waals surface area contributed by atoms with Crippen LogP contribution in [0.5, 0.6) is 0 Å². The molecular weight excluding hydrogens is 735 g/mol. The maximum Gasteiger partial charge on any atom is 0.407 e. The minimum Gasteiger partial charge on any atom is -0.474 e. The Labute approximate surface area is 340 Å². The van der Waals surface area contributed by atoms with Crippen molar-refractivity contribution in [2.75, 3.05) is 20.2 Å². The average Bonchev–Trinajstić information content (AvgIpc) is 4.07. The van der Waals surface area contributed by atoms with Gasteiger partial charge < -0.3 is 39.9 Å². The summed E-state index contributed by atoms with van der Waals surface area (Å²) < 4.78 is 14.1. The Morgan fingerprint density at radius 2 is 1.83 bits per heavy atom. The molecule has 2 saturated heterocycles. The zero-order chi connectivity index (χ0) is 40.8. The highest BCUT2D eigenvalue weighted by atomic mass is 16.5. The minimum atomic E-state index is -0.685. The highest BCUT2D eigenvalue weighted by Gasteiger charge is 2.41. The van der Waals surface area contributed by atoms with E-state index in [4.69, 9.17) is 30.2 Å². The van der Waals surface area contributed by atoms with Crippen LogP contribution in [-0.4, -0.2) is 98.7 Å². The third-order valence-electron chi connectivity index (χ3n) is 12.9. The fraction of sp³-hybridized carbons (Fsp3) is 0.591. The van der Waals surface area contributed by atoms with E-state index in [2.05, 4.69) is 46.1 Å². The van der Waals surface area contributed by atoms with Gasteiger partial charge in [-0.2, -0.15) is 0 Å². The number of carbonyl (C=O) groups is 3. The molecule has 0 spiro atoms. The van der Waals surface area contributed by atoms with Crippen LogP contribution in [0, 0.1) is 17.8 Å². The molecule has 4 N–H and O–H groups in total. The molecule has 7 atom stereocenters. The number of allylic oxidation sites excluding steroid dienone is 2. The number of aromatic nitrogens is 3. The number of nitrogens with two attached hydrogens (primary N) is 1. The fourth-order valence-corrected chi connectivity index (χ4v) is 9.61. The molecule has 1 aliphatic carbocycles. The Bertz CT molecular complexity index is 2150. The first kappa shape index (κ1) is 39.8. The Balaban J connectivity index is 1.01. The second-order valence-electron chi connectivity index (χ2n) is 17.4. The first-order chi connectivity index (χ1) is 28.0. The zero-order valence-electron chi connectivity index (χ0n) is 34.7. The van der Waals surface area contributed by atoms with Gasteiger partial charge in [0.2, 0.25) is 11.8 Å². The number of likely N-dealkylation sites (tertiary alicyclic amines) is 2. The summed E-state index contributed by atoms with van der Waals surface area (Å²) in [5.74, 6) is 1.87. The van der Waals surface area contributed by atoms with E-state index in [0.717, 1.165) is 97.2 Å². The molecule has 310 valence electrons. The van der Waals surface area contributed by atoms with Gasteiger partial charge in [-0.25, -0.2) is 9.78 Å². The van der Waals surface area contributed by atoms with Crippen LogP contribution in [0.25, 0.3) is 27.7 Å². The van der Waals surface area contributed by atoms with Gasteiger partial charge in [0.05, 0.1) is 54.0 Å². The Hall–Kier alpha value is -4.98. The molecule has 58 heavy (non-hydrogen) atoms. The van der Waals surface area contributed by atoms with Crippen LogP contribution in [0.4, 0.5) is 4.79 Å². The van der Waals surface area contributed by atoms with Crippen molar-refractivity contribution in [2.45, 2.75) is 129 Å². The summed E-state index contributed by atoms with van der Waals surface area (Å²) in [6.07, 6.45) is 10.8. The predicted octanol–water partition coefficient (Wildman–Crippen LogP) is 6.74. The smallest absolute Gasteiger partial charge is 0.407 e. The third kappa shape index (κ3) is 7.32. The number of ether oxygens (including phenoxy) is 2. The first-order valence-corrected chi connectivity index (χ1v) is 21.4. The molecule has 14 nitrogen and oxygen atoms in total. The molecule has 2 fully saturated rings. The lowest BCUT2D eigenvalue weighted by atomic mass is 9.83. The summed E-state index contributed by atoms with van der Waals surface area (Å²) in [5, 5.41) is 3.86. The van der Waals surface area contributed by atoms with Crippen LogP contribution in [0.3, 0.4) is 0 Å². The molecule has 3 amide bonds. The molecule has 2 aromatic heterocycles. The van der Waals surface area contributed by atoms with Crippen molar-refractivity contribution in [1.29, 1.82) is 0 Å². The lowest BCUT2D eigenvalue weighted by Crippen LogP contribution is -2.51. The molecule has 0 radical (unpaired) electrons. The van der Waals surface area contributed by atoms with Crippen molar-refractivity contribution in [3.05, 3.63) is 47.7 Å². The van der Waals surface area contributed by atoms with Gasteiger partial charge in [-0.15, -0.1) is 0 Å². The quantitative estimate of drug-likeness (QED) is 0.193. The van der Waals surface area contributed by atoms with E-state index in [1.54, 1.807) is 0 Å². The summed E-state index contributed by atoms with van der Waals surface area (Å²) in [5.41, 5.74) is 12.8. The third-order valence-corrected chi connectivity index (χ3v) is 12.9. The van der Waals surface area contributed by atoms with Crippen molar-refractivity contribution >= 4 is 46.3 Å². The molecule has 1 aromatic carbocycles. The second kappa shape index (κ2) is 16.3. The highest BCUT2D eigenvalue weighted by Crippen LogP contribution is 2.46. The molecule has 0 saturated carbocycles. The highest BCUT2D eigenvalue weighted by molar-refractivity contribution is 6.33. The Morgan fingerprint density at radius 1 is 1.03 bits per heavy atom. The molecule has 5 aliphatic rings. The van der Waals surface area contributed by atoms with E-state index in [-0.39, 0.29) is 54.0 Å². The number of imidazole rings is 1. The van der Waals surface area contributed by atoms with Crippen LogP contribution in [0.2, 0.25) is 0 Å². The van der Waals surface area contributed by atoms with Crippen LogP contribution in [-0.2, 0) is 19.1 Å². The first-order valence-electron chi connectivity index (χ1n) is 21.4. The number of alkyl carbamates (subject to hydrolysis) is 1. The topological polar surface area (TPSA) is 173 Å². The fourth-order valence-electron chi connectivity index (χ4n) is 9.61. The van der Waals surface area contributed by atoms with Crippen molar-refractivity contribution in [3.8, 4) is 11.3 Å². The van der Waals surface area contributed by atoms with Crippen molar-refractivity contribution < 1.29 is 23.9 Å². The monoisotopic (exact) mass is 793 g/mol. The van der Waals surface area contributed by atoms with E-state index in [0.29, 0.717) is 13.1 Å². The number of rotatable bonds is 11. The number of nitrogens with one attached hydrogen (secondary N) is 2. The molecule has 4 aliphatic heterocycles. The van der Waals surface area contributed by atoms with Gasteiger partial charge >= 0.3 is 6.09 Å². The molecule has 7 unspecified atom stereocenters. The van der Waals surface area contributed by atoms with E-state index < -0.39 is 18.2 Å². The molecule has 8 rings (SSSR count). The van der Waals surface area contributed by atoms with Gasteiger partial charge in [0.1, 0.15) is 17.6 Å². The number of nitrogens with zero attached hydrogens (tertiary/aromatic N) is 6. The lowest BCUT2D eigenvalue weighted by Gasteiger charge is -2.36. The van der Waals surface area contributed by atoms with Crippen LogP contribution in [0.15, 0.2) is 46.2 Å². The predicted molar refractivity (Wildman–Crippen MR) is 224 cm³/mol. The molecule has 0 bridgehead atoms. The number of fused-ring (bicyclic) bond motifs is 4. The van der Waals surface area contributed by atoms with Crippen molar-refractivity contribution in [2.24, 2.45) is 33.5 Å². The van der Waals surface area contributed by atoms with Crippen molar-refractivity contribution in [3.63, 3.8) is 0 Å². The normalized spacial score (nSPS) is 25.3. The maximum absolute atomic E-state index is 13.7. The lowest BCUT2D eigenvalue weighted by molar-refractivity contribution is -0.136. The number of aromatic amines is 1. The summed E-state index contributed by atoms with van der Waals surface area (Å²) in [4.78, 5) is 61.1. The van der Waals surface area contributed by atoms with E-state index >= 15 is 0 Å². The van der Waals surface area contributed by atoms with Crippen molar-refractivity contribution in [1.82, 2.24) is 29.7 Å². The van der Waals surface area contributed by atoms with E-state index in [1.807, 2.05) is 49.9 Å². The van der Waals surface area contributed by atoms with Gasteiger partial charge in [0, 0.05) is 54.6 Å². The second-order valence-corrected chi connectivity index (χ2v) is 17.4. The number of hydrogen-bond acceptors (Lipinski definition) is 9. The molecule has 3 aromatic rings. The van der Waals surface area contributed by atoms with Gasteiger partial charge in [-0.1, -0.05) is 47.1 Å². The molecule has 14 heteroatoms. The molecular formula is C44H59N9O5. The van der Waals surface area contributed by atoms with Gasteiger partial charge in [0.15, 0.2) is 12.4 Å². The molecule has 6 heterocycles. The minimum absolute atomic E-state index is 0.00888. The average molecular weight is 794 g/mol.